The van der Waals surface area contributed by atoms with E-state index in [0.717, 1.165) is 0 Å². The van der Waals surface area contributed by atoms with E-state index >= 15 is 0 Å². The van der Waals surface area contributed by atoms with E-state index in [1.807, 2.05) is 0 Å². The van der Waals surface area contributed by atoms with Crippen molar-refractivity contribution in [3.8, 4) is 0 Å². The molecule has 0 aromatic rings. The van der Waals surface area contributed by atoms with Crippen molar-refractivity contribution in [2.75, 3.05) is 0 Å². The summed E-state index contributed by atoms with van der Waals surface area (Å²) in [5, 5.41) is 0. The zero-order chi connectivity index (χ0) is 0. The quantitative estimate of drug-likeness (QED) is 0.193. The van der Waals surface area contributed by atoms with Gasteiger partial charge in [0.1, 0.15) is 0 Å². The molecule has 0 aromatic carbocycles. The molecule has 5 heteroatoms. The molecule has 0 radical (unpaired) electrons. The van der Waals surface area contributed by atoms with Crippen LogP contribution in [0.4, 0.5) is 0 Å². The average molecular weight is 62.8 g/mol. The molecule has 0 aliphatic rings. The molecular formula is H4Li4P+5. The molecular weight excluding hydrogens is 58.7 g/mol. The van der Waals surface area contributed by atoms with Crippen molar-refractivity contribution in [3.63, 3.8) is 0 Å². The van der Waals surface area contributed by atoms with Crippen molar-refractivity contribution >= 4 is 9.90 Å². The SMILES string of the molecule is [Li+].[Li+].[Li+].[Li+].[PH4+]. The summed E-state index contributed by atoms with van der Waals surface area (Å²) in [5.41, 5.74) is 0. The summed E-state index contributed by atoms with van der Waals surface area (Å²) < 4.78 is 0. The van der Waals surface area contributed by atoms with Crippen LogP contribution in [-0.2, 0) is 0 Å². The predicted molar refractivity (Wildman–Crippen MR) is 12.5 cm³/mol. The third-order valence-electron chi connectivity index (χ3n) is 0. The van der Waals surface area contributed by atoms with Gasteiger partial charge in [0.2, 0.25) is 0 Å². The van der Waals surface area contributed by atoms with E-state index in [9.17, 15) is 0 Å². The van der Waals surface area contributed by atoms with E-state index in [4.69, 9.17) is 0 Å². The van der Waals surface area contributed by atoms with Gasteiger partial charge in [-0.3, -0.25) is 0 Å². The van der Waals surface area contributed by atoms with Crippen LogP contribution in [-0.4, -0.2) is 0 Å². The fraction of sp³-hybridized carbons (Fsp3) is 0. The standard InChI is InChI=1S/4Li.H3P/h;;;;1H3/q4*+1;/p+1. The molecule has 0 saturated heterocycles. The summed E-state index contributed by atoms with van der Waals surface area (Å²) in [5.74, 6) is 0. The predicted octanol–water partition coefficient (Wildman–Crippen LogP) is -12.2. The average Bonchev–Trinajstić information content (AvgIpc) is 0. The van der Waals surface area contributed by atoms with Crippen LogP contribution < -0.4 is 75.4 Å². The maximum atomic E-state index is 0. The number of hydrogen-bond acceptors (Lipinski definition) is 0. The van der Waals surface area contributed by atoms with E-state index in [1.165, 1.54) is 0 Å². The molecule has 0 saturated carbocycles. The van der Waals surface area contributed by atoms with Crippen molar-refractivity contribution in [2.24, 2.45) is 0 Å². The summed E-state index contributed by atoms with van der Waals surface area (Å²) in [7, 11) is 0. The molecule has 0 aliphatic heterocycles. The third kappa shape index (κ3) is 19.9. The Kier molecular flexibility index (Phi) is 266. The van der Waals surface area contributed by atoms with Gasteiger partial charge in [0.15, 0.2) is 0 Å². The smallest absolute Gasteiger partial charge is 0.0395 e. The van der Waals surface area contributed by atoms with Gasteiger partial charge in [0, 0.05) is 0 Å². The van der Waals surface area contributed by atoms with Crippen molar-refractivity contribution in [2.45, 2.75) is 0 Å². The Balaban J connectivity index is 0. The zero-order valence-electron chi connectivity index (χ0n) is 5.00. The molecule has 8 valence electrons. The topological polar surface area (TPSA) is 0 Å². The van der Waals surface area contributed by atoms with E-state index in [0.29, 0.717) is 0 Å². The first-order valence-corrected chi connectivity index (χ1v) is 0. The second-order valence-corrected chi connectivity index (χ2v) is 0. The first-order chi connectivity index (χ1) is 0. The maximum Gasteiger partial charge on any atom is 1.00 e. The van der Waals surface area contributed by atoms with Crippen molar-refractivity contribution < 1.29 is 75.4 Å². The summed E-state index contributed by atoms with van der Waals surface area (Å²) in [4.78, 5) is 0. The first-order valence-electron chi connectivity index (χ1n) is 0. The molecule has 0 amide bonds. The van der Waals surface area contributed by atoms with Gasteiger partial charge in [0.05, 0.1) is 0 Å². The fourth-order valence-electron chi connectivity index (χ4n) is 0. The van der Waals surface area contributed by atoms with Crippen LogP contribution in [0.1, 0.15) is 0 Å². The van der Waals surface area contributed by atoms with E-state index in [2.05, 4.69) is 0 Å². The normalized spacial score (nSPS) is 0. The molecule has 0 aromatic heterocycles. The van der Waals surface area contributed by atoms with Crippen LogP contribution in [0.25, 0.3) is 0 Å². The summed E-state index contributed by atoms with van der Waals surface area (Å²) >= 11 is 0. The maximum absolute atomic E-state index is 0. The van der Waals surface area contributed by atoms with Crippen LogP contribution in [0.3, 0.4) is 0 Å². The van der Waals surface area contributed by atoms with Crippen molar-refractivity contribution in [1.82, 2.24) is 0 Å². The van der Waals surface area contributed by atoms with Gasteiger partial charge in [-0.15, -0.1) is 0 Å². The van der Waals surface area contributed by atoms with Gasteiger partial charge in [-0.1, -0.05) is 0 Å². The molecule has 0 rings (SSSR count). The Morgan fingerprint density at radius 2 is 0.400 bits per heavy atom. The van der Waals surface area contributed by atoms with Crippen LogP contribution in [0.2, 0.25) is 0 Å². The monoisotopic (exact) mass is 63.1 g/mol. The minimum Gasteiger partial charge on any atom is -0.0395 e. The van der Waals surface area contributed by atoms with Crippen LogP contribution >= 0.6 is 9.90 Å². The molecule has 0 heterocycles. The Labute approximate surface area is 84.3 Å². The van der Waals surface area contributed by atoms with Gasteiger partial charge < -0.3 is 0 Å². The molecule has 0 aliphatic carbocycles. The molecule has 1 atom stereocenters. The van der Waals surface area contributed by atoms with Crippen LogP contribution in [0.5, 0.6) is 0 Å². The fourth-order valence-corrected chi connectivity index (χ4v) is 0. The van der Waals surface area contributed by atoms with Crippen LogP contribution in [0, 0.1) is 0 Å². The van der Waals surface area contributed by atoms with E-state index in [1.54, 1.807) is 0 Å². The Bertz CT molecular complexity index is 3.61. The molecule has 0 N–H and O–H groups in total. The Morgan fingerprint density at radius 1 is 0.400 bits per heavy atom. The minimum atomic E-state index is 0. The summed E-state index contributed by atoms with van der Waals surface area (Å²) in [6.07, 6.45) is 0. The summed E-state index contributed by atoms with van der Waals surface area (Å²) in [6.45, 7) is 0. The van der Waals surface area contributed by atoms with Crippen LogP contribution in [0.15, 0.2) is 0 Å². The van der Waals surface area contributed by atoms with E-state index in [-0.39, 0.29) is 85.3 Å². The van der Waals surface area contributed by atoms with Gasteiger partial charge in [-0.2, -0.15) is 0 Å². The number of rotatable bonds is 0. The Hall–Kier alpha value is 2.82. The molecule has 0 spiro atoms. The largest absolute Gasteiger partial charge is 1.00 e. The van der Waals surface area contributed by atoms with Gasteiger partial charge in [0.25, 0.3) is 0 Å². The molecule has 1 unspecified atom stereocenters. The Morgan fingerprint density at radius 3 is 0.400 bits per heavy atom. The zero-order valence-corrected chi connectivity index (χ0v) is 7.00. The third-order valence-corrected chi connectivity index (χ3v) is 0. The van der Waals surface area contributed by atoms with Gasteiger partial charge in [-0.25, -0.2) is 0 Å². The second-order valence-electron chi connectivity index (χ2n) is 0. The first kappa shape index (κ1) is 45.7. The van der Waals surface area contributed by atoms with Gasteiger partial charge >= 0.3 is 75.4 Å². The summed E-state index contributed by atoms with van der Waals surface area (Å²) in [6, 6.07) is 0. The molecule has 0 fully saturated rings. The minimum absolute atomic E-state index is 0. The van der Waals surface area contributed by atoms with Crippen molar-refractivity contribution in [3.05, 3.63) is 0 Å². The molecule has 5 heavy (non-hydrogen) atoms. The molecule has 0 bridgehead atoms. The number of hydrogen-bond donors (Lipinski definition) is 0. The molecule has 0 nitrogen and oxygen atoms in total. The second kappa shape index (κ2) is 29.1. The van der Waals surface area contributed by atoms with Gasteiger partial charge in [-0.05, 0) is 9.90 Å². The van der Waals surface area contributed by atoms with E-state index < -0.39 is 0 Å². The van der Waals surface area contributed by atoms with Crippen molar-refractivity contribution in [1.29, 1.82) is 0 Å².